The Hall–Kier alpha value is -3.68. The van der Waals surface area contributed by atoms with Crippen LogP contribution in [0.4, 0.5) is 18.0 Å². The third kappa shape index (κ3) is 7.33. The normalized spacial score (nSPS) is 24.0. The van der Waals surface area contributed by atoms with Gasteiger partial charge in [0.05, 0.1) is 35.5 Å². The number of nitrogens with two attached hydrogens (primary N) is 1. The molecule has 4 N–H and O–H groups in total. The molecule has 4 rings (SSSR count). The van der Waals surface area contributed by atoms with Gasteiger partial charge in [-0.2, -0.15) is 13.2 Å². The molecule has 0 radical (unpaired) electrons. The molecule has 5 atom stereocenters. The lowest BCUT2D eigenvalue weighted by atomic mass is 9.74. The van der Waals surface area contributed by atoms with Crippen LogP contribution in [0.2, 0.25) is 0 Å². The summed E-state index contributed by atoms with van der Waals surface area (Å²) in [6.45, 7) is 3.69. The lowest BCUT2D eigenvalue weighted by Crippen LogP contribution is -2.65. The summed E-state index contributed by atoms with van der Waals surface area (Å²) in [7, 11) is 0. The first kappa shape index (κ1) is 33.2. The van der Waals surface area contributed by atoms with Crippen LogP contribution < -0.4 is 11.1 Å². The number of ether oxygens (including phenoxy) is 3. The van der Waals surface area contributed by atoms with E-state index >= 15 is 0 Å². The summed E-state index contributed by atoms with van der Waals surface area (Å²) >= 11 is 0. The van der Waals surface area contributed by atoms with E-state index in [0.29, 0.717) is 42.4 Å². The van der Waals surface area contributed by atoms with Gasteiger partial charge >= 0.3 is 18.2 Å². The SMILES string of the molecule is Cc1cc([C@@H](C)OC[C@@]2(c3ccccc3)CC[C@]3(CCC(=O)N3)CN2C(=O)OCOC(=O)C(N)C(C)O)cc(C(F)(F)F)c1. The molecule has 2 amide bonds. The topological polar surface area (TPSA) is 140 Å². The number of aliphatic hydroxyl groups excluding tert-OH is 1. The van der Waals surface area contributed by atoms with Crippen molar-refractivity contribution < 1.29 is 46.9 Å². The van der Waals surface area contributed by atoms with E-state index in [2.05, 4.69) is 5.32 Å². The predicted octanol–water partition coefficient (Wildman–Crippen LogP) is 4.08. The highest BCUT2D eigenvalue weighted by Crippen LogP contribution is 2.45. The molecule has 0 aliphatic carbocycles. The average molecular weight is 622 g/mol. The smallest absolute Gasteiger partial charge is 0.416 e. The van der Waals surface area contributed by atoms with Gasteiger partial charge < -0.3 is 30.4 Å². The van der Waals surface area contributed by atoms with E-state index in [0.717, 1.165) is 12.1 Å². The van der Waals surface area contributed by atoms with Gasteiger partial charge in [0.15, 0.2) is 0 Å². The predicted molar refractivity (Wildman–Crippen MR) is 152 cm³/mol. The van der Waals surface area contributed by atoms with Gasteiger partial charge in [-0.3, -0.25) is 14.5 Å². The number of piperidine rings is 1. The number of hydrogen-bond donors (Lipinski definition) is 3. The van der Waals surface area contributed by atoms with E-state index in [1.54, 1.807) is 38.1 Å². The molecule has 2 aromatic rings. The van der Waals surface area contributed by atoms with Crippen LogP contribution in [0.5, 0.6) is 0 Å². The van der Waals surface area contributed by atoms with E-state index in [-0.39, 0.29) is 19.1 Å². The zero-order valence-corrected chi connectivity index (χ0v) is 24.9. The molecule has 2 aliphatic rings. The van der Waals surface area contributed by atoms with Crippen molar-refractivity contribution in [3.63, 3.8) is 0 Å². The van der Waals surface area contributed by atoms with Gasteiger partial charge in [-0.1, -0.05) is 42.0 Å². The third-order valence-electron chi connectivity index (χ3n) is 8.41. The van der Waals surface area contributed by atoms with Gasteiger partial charge in [0.1, 0.15) is 6.04 Å². The minimum Gasteiger partial charge on any atom is -0.427 e. The number of alkyl halides is 3. The summed E-state index contributed by atoms with van der Waals surface area (Å²) in [5.41, 5.74) is 4.38. The molecule has 2 saturated heterocycles. The molecule has 2 heterocycles. The lowest BCUT2D eigenvalue weighted by Gasteiger charge is -2.52. The van der Waals surface area contributed by atoms with Crippen molar-refractivity contribution in [3.05, 3.63) is 70.8 Å². The largest absolute Gasteiger partial charge is 0.427 e. The van der Waals surface area contributed by atoms with E-state index in [9.17, 15) is 32.7 Å². The summed E-state index contributed by atoms with van der Waals surface area (Å²) in [4.78, 5) is 39.5. The molecular weight excluding hydrogens is 583 g/mol. The number of benzene rings is 2. The van der Waals surface area contributed by atoms with Crippen LogP contribution in [0, 0.1) is 6.92 Å². The van der Waals surface area contributed by atoms with Crippen molar-refractivity contribution in [3.8, 4) is 0 Å². The highest BCUT2D eigenvalue weighted by atomic mass is 19.4. The van der Waals surface area contributed by atoms with Crippen molar-refractivity contribution in [2.24, 2.45) is 5.73 Å². The van der Waals surface area contributed by atoms with E-state index in [1.165, 1.54) is 11.8 Å². The quantitative estimate of drug-likeness (QED) is 0.281. The second-order valence-electron chi connectivity index (χ2n) is 11.7. The summed E-state index contributed by atoms with van der Waals surface area (Å²) in [5, 5.41) is 12.5. The number of nitrogens with one attached hydrogen (secondary N) is 1. The van der Waals surface area contributed by atoms with Crippen LogP contribution in [-0.4, -0.2) is 65.6 Å². The number of carbonyl (C=O) groups is 3. The number of amides is 2. The molecule has 0 bridgehead atoms. The third-order valence-corrected chi connectivity index (χ3v) is 8.41. The number of rotatable bonds is 9. The van der Waals surface area contributed by atoms with Gasteiger partial charge in [-0.05, 0) is 63.3 Å². The molecule has 1 spiro atoms. The van der Waals surface area contributed by atoms with Crippen LogP contribution in [-0.2, 0) is 35.5 Å². The highest BCUT2D eigenvalue weighted by Gasteiger charge is 2.54. The number of aliphatic hydroxyl groups is 1. The Morgan fingerprint density at radius 2 is 1.80 bits per heavy atom. The zero-order valence-electron chi connectivity index (χ0n) is 24.9. The average Bonchev–Trinajstić information content (AvgIpc) is 3.34. The van der Waals surface area contributed by atoms with Crippen LogP contribution in [0.15, 0.2) is 48.5 Å². The van der Waals surface area contributed by atoms with Gasteiger partial charge in [0.2, 0.25) is 12.7 Å². The van der Waals surface area contributed by atoms with Crippen molar-refractivity contribution in [2.75, 3.05) is 19.9 Å². The van der Waals surface area contributed by atoms with E-state index in [1.807, 2.05) is 12.1 Å². The van der Waals surface area contributed by atoms with E-state index < -0.39 is 59.9 Å². The zero-order chi connectivity index (χ0) is 32.3. The number of nitrogens with zero attached hydrogens (tertiary/aromatic N) is 1. The second kappa shape index (κ2) is 13.1. The lowest BCUT2D eigenvalue weighted by molar-refractivity contribution is -0.158. The number of carbonyl (C=O) groups excluding carboxylic acids is 3. The van der Waals surface area contributed by atoms with Gasteiger partial charge in [-0.25, -0.2) is 4.79 Å². The Labute approximate surface area is 253 Å². The molecule has 240 valence electrons. The Kier molecular flexibility index (Phi) is 9.91. The van der Waals surface area contributed by atoms with Crippen LogP contribution in [0.1, 0.15) is 67.9 Å². The molecule has 13 heteroatoms. The summed E-state index contributed by atoms with van der Waals surface area (Å²) in [5.74, 6) is -1.11. The maximum Gasteiger partial charge on any atom is 0.416 e. The molecule has 2 fully saturated rings. The maximum atomic E-state index is 13.7. The van der Waals surface area contributed by atoms with E-state index in [4.69, 9.17) is 19.9 Å². The Morgan fingerprint density at radius 3 is 2.41 bits per heavy atom. The van der Waals surface area contributed by atoms with Crippen LogP contribution in [0.3, 0.4) is 0 Å². The van der Waals surface area contributed by atoms with Crippen molar-refractivity contribution >= 4 is 18.0 Å². The number of hydrogen-bond acceptors (Lipinski definition) is 8. The van der Waals surface area contributed by atoms with Gasteiger partial charge in [-0.15, -0.1) is 0 Å². The fourth-order valence-electron chi connectivity index (χ4n) is 5.79. The minimum atomic E-state index is -4.53. The molecule has 0 aromatic heterocycles. The van der Waals surface area contributed by atoms with Crippen LogP contribution in [0.25, 0.3) is 0 Å². The Balaban J connectivity index is 1.64. The summed E-state index contributed by atoms with van der Waals surface area (Å²) in [6.07, 6.45) is -5.76. The molecule has 2 unspecified atom stereocenters. The van der Waals surface area contributed by atoms with Crippen LogP contribution >= 0.6 is 0 Å². The Morgan fingerprint density at radius 1 is 1.09 bits per heavy atom. The fourth-order valence-corrected chi connectivity index (χ4v) is 5.79. The first-order valence-electron chi connectivity index (χ1n) is 14.4. The van der Waals surface area contributed by atoms with Crippen molar-refractivity contribution in [2.45, 2.75) is 82.0 Å². The standard InChI is InChI=1S/C31H38F3N3O7/c1-19-13-22(15-24(14-19)31(32,33)34)21(3)42-17-30(23-7-5-4-6-8-23)12-11-29(10-9-25(39)36-29)16-37(30)28(41)44-18-43-27(40)26(35)20(2)38/h4-8,13-15,20-21,26,38H,9-12,16-18,35H2,1-3H3,(H,36,39)/t20?,21-,26?,29-,30-/m1/s1. The fraction of sp³-hybridized carbons (Fsp3) is 0.516. The molecule has 2 aromatic carbocycles. The molecule has 10 nitrogen and oxygen atoms in total. The minimum absolute atomic E-state index is 0.0496. The number of esters is 1. The number of halogens is 3. The number of aryl methyl sites for hydroxylation is 1. The molecule has 44 heavy (non-hydrogen) atoms. The summed E-state index contributed by atoms with van der Waals surface area (Å²) in [6, 6.07) is 11.4. The monoisotopic (exact) mass is 621 g/mol. The summed E-state index contributed by atoms with van der Waals surface area (Å²) < 4.78 is 57.2. The first-order valence-corrected chi connectivity index (χ1v) is 14.4. The molecular formula is C31H38F3N3O7. The molecule has 0 saturated carbocycles. The van der Waals surface area contributed by atoms with Crippen molar-refractivity contribution in [1.82, 2.24) is 10.2 Å². The molecule has 2 aliphatic heterocycles. The number of likely N-dealkylation sites (tertiary alicyclic amines) is 1. The highest BCUT2D eigenvalue weighted by molar-refractivity contribution is 5.80. The first-order chi connectivity index (χ1) is 20.7. The van der Waals surface area contributed by atoms with Crippen molar-refractivity contribution in [1.29, 1.82) is 0 Å². The van der Waals surface area contributed by atoms with Gasteiger partial charge in [0.25, 0.3) is 0 Å². The second-order valence-corrected chi connectivity index (χ2v) is 11.7. The van der Waals surface area contributed by atoms with Gasteiger partial charge in [0, 0.05) is 13.0 Å². The maximum absolute atomic E-state index is 13.7. The Bertz CT molecular complexity index is 1360.